The second-order valence-electron chi connectivity index (χ2n) is 22.3. The molecule has 1 amide bonds. The number of ether oxygens (including phenoxy) is 2. The van der Waals surface area contributed by atoms with Gasteiger partial charge in [0.1, 0.15) is 6.61 Å². The lowest BCUT2D eigenvalue weighted by Gasteiger charge is -2.32. The van der Waals surface area contributed by atoms with Crippen molar-refractivity contribution in [2.45, 2.75) is 273 Å². The van der Waals surface area contributed by atoms with E-state index in [1.807, 2.05) is 25.2 Å². The van der Waals surface area contributed by atoms with Gasteiger partial charge in [0.25, 0.3) is 0 Å². The Morgan fingerprint density at radius 1 is 0.620 bits per heavy atom. The van der Waals surface area contributed by atoms with Crippen LogP contribution in [-0.4, -0.2) is 60.8 Å². The van der Waals surface area contributed by atoms with Gasteiger partial charge in [-0.05, 0) is 128 Å². The molecule has 0 aliphatic heterocycles. The summed E-state index contributed by atoms with van der Waals surface area (Å²) < 4.78 is 32.4. The highest BCUT2D eigenvalue weighted by atomic mass is 31.2. The number of unbranched alkanes of at least 4 members (excludes halogenated alkanes) is 22. The van der Waals surface area contributed by atoms with E-state index >= 15 is 0 Å². The van der Waals surface area contributed by atoms with E-state index in [9.17, 15) is 23.8 Å². The minimum atomic E-state index is -4.31. The number of aliphatic hydroxyl groups excluding tert-OH is 1. The van der Waals surface area contributed by atoms with E-state index in [4.69, 9.17) is 23.6 Å². The van der Waals surface area contributed by atoms with Crippen molar-refractivity contribution in [3.05, 3.63) is 95.4 Å². The summed E-state index contributed by atoms with van der Waals surface area (Å²) in [7, 11) is -4.31. The molecule has 3 N–H and O–H groups in total. The van der Waals surface area contributed by atoms with Crippen molar-refractivity contribution in [2.24, 2.45) is 5.41 Å². The average Bonchev–Trinajstić information content (AvgIpc) is 3.41. The van der Waals surface area contributed by atoms with Gasteiger partial charge in [-0.25, -0.2) is 4.57 Å². The summed E-state index contributed by atoms with van der Waals surface area (Å²) in [5.41, 5.74) is 5.26. The van der Waals surface area contributed by atoms with Crippen molar-refractivity contribution in [3.63, 3.8) is 0 Å². The van der Waals surface area contributed by atoms with Crippen LogP contribution in [0.3, 0.4) is 0 Å². The fourth-order valence-corrected chi connectivity index (χ4v) is 9.90. The second kappa shape index (κ2) is 52.3. The van der Waals surface area contributed by atoms with Crippen LogP contribution in [-0.2, 0) is 37.5 Å². The van der Waals surface area contributed by atoms with Crippen LogP contribution in [0.15, 0.2) is 95.4 Å². The highest BCUT2D eigenvalue weighted by Crippen LogP contribution is 2.43. The maximum atomic E-state index is 12.1. The Morgan fingerprint density at radius 3 is 1.66 bits per heavy atom. The van der Waals surface area contributed by atoms with Crippen LogP contribution in [0.1, 0.15) is 273 Å². The lowest BCUT2D eigenvalue weighted by molar-refractivity contribution is -0.144. The quantitative estimate of drug-likeness (QED) is 0.0134. The molecule has 0 radical (unpaired) electrons. The van der Waals surface area contributed by atoms with Crippen LogP contribution in [0, 0.1) is 5.41 Å². The SMILES string of the molecule is C=C(O)CCCCCCC/C=C\CCCCCCCC.CCCCCCCC/C=C\CCCCCCCC(=O)OCCCOP(=O)(O)OCCNC(=O)CCCC(=O)OC/C=C(C)/C=C/C=C(C)/C=C/C1=C(C)CCCC1(C)C. The Hall–Kier alpha value is -3.76. The van der Waals surface area contributed by atoms with Crippen LogP contribution in [0.2, 0.25) is 0 Å². The first kappa shape index (κ1) is 75.2. The van der Waals surface area contributed by atoms with Crippen LogP contribution >= 0.6 is 7.82 Å². The van der Waals surface area contributed by atoms with E-state index in [0.717, 1.165) is 56.1 Å². The molecule has 454 valence electrons. The number of carbonyl (C=O) groups is 3. The van der Waals surface area contributed by atoms with Gasteiger partial charge in [0, 0.05) is 38.6 Å². The molecule has 11 nitrogen and oxygen atoms in total. The molecule has 0 bridgehead atoms. The van der Waals surface area contributed by atoms with Crippen molar-refractivity contribution in [2.75, 3.05) is 33.0 Å². The van der Waals surface area contributed by atoms with E-state index < -0.39 is 13.8 Å². The van der Waals surface area contributed by atoms with Crippen LogP contribution in [0.25, 0.3) is 0 Å². The molecule has 79 heavy (non-hydrogen) atoms. The highest BCUT2D eigenvalue weighted by molar-refractivity contribution is 7.47. The summed E-state index contributed by atoms with van der Waals surface area (Å²) in [5.74, 6) is -0.647. The number of esters is 2. The minimum absolute atomic E-state index is 0.00365. The van der Waals surface area contributed by atoms with E-state index in [0.29, 0.717) is 18.6 Å². The second-order valence-corrected chi connectivity index (χ2v) is 23.8. The Kier molecular flexibility index (Phi) is 49.8. The first-order valence-electron chi connectivity index (χ1n) is 31.3. The van der Waals surface area contributed by atoms with Crippen molar-refractivity contribution in [1.82, 2.24) is 5.32 Å². The number of carbonyl (C=O) groups excluding carboxylic acids is 3. The number of hydrogen-bond acceptors (Lipinski definition) is 9. The molecule has 1 atom stereocenters. The largest absolute Gasteiger partial charge is 0.513 e. The number of aliphatic hydroxyl groups is 1. The predicted molar refractivity (Wildman–Crippen MR) is 332 cm³/mol. The summed E-state index contributed by atoms with van der Waals surface area (Å²) in [4.78, 5) is 46.1. The van der Waals surface area contributed by atoms with Gasteiger partial charge in [0.15, 0.2) is 0 Å². The molecule has 0 saturated heterocycles. The van der Waals surface area contributed by atoms with E-state index in [-0.39, 0.29) is 69.5 Å². The van der Waals surface area contributed by atoms with Gasteiger partial charge < -0.3 is 24.8 Å². The topological polar surface area (TPSA) is 158 Å². The number of amides is 1. The third-order valence-electron chi connectivity index (χ3n) is 14.1. The summed E-state index contributed by atoms with van der Waals surface area (Å²) in [6, 6.07) is 0. The maximum Gasteiger partial charge on any atom is 0.472 e. The third kappa shape index (κ3) is 50.9. The fourth-order valence-electron chi connectivity index (χ4n) is 9.15. The molecule has 1 unspecified atom stereocenters. The van der Waals surface area contributed by atoms with Crippen molar-refractivity contribution in [1.29, 1.82) is 0 Å². The van der Waals surface area contributed by atoms with Gasteiger partial charge in [-0.3, -0.25) is 23.4 Å². The summed E-state index contributed by atoms with van der Waals surface area (Å²) >= 11 is 0. The number of rotatable bonds is 49. The normalized spacial score (nSPS) is 14.8. The molecular formula is C67H116NO10P. The first-order valence-corrected chi connectivity index (χ1v) is 32.8. The van der Waals surface area contributed by atoms with Crippen molar-refractivity contribution < 1.29 is 47.5 Å². The van der Waals surface area contributed by atoms with Crippen LogP contribution in [0.4, 0.5) is 0 Å². The number of phosphoric acid groups is 1. The van der Waals surface area contributed by atoms with Gasteiger partial charge >= 0.3 is 19.8 Å². The van der Waals surface area contributed by atoms with Crippen molar-refractivity contribution >= 4 is 25.7 Å². The Morgan fingerprint density at radius 2 is 1.11 bits per heavy atom. The highest BCUT2D eigenvalue weighted by Gasteiger charge is 2.26. The zero-order valence-electron chi connectivity index (χ0n) is 51.4. The van der Waals surface area contributed by atoms with Gasteiger partial charge in [-0.15, -0.1) is 0 Å². The van der Waals surface area contributed by atoms with Crippen LogP contribution < -0.4 is 5.32 Å². The van der Waals surface area contributed by atoms with Crippen molar-refractivity contribution in [3.8, 4) is 0 Å². The van der Waals surface area contributed by atoms with Gasteiger partial charge in [0.2, 0.25) is 5.91 Å². The maximum absolute atomic E-state index is 12.1. The van der Waals surface area contributed by atoms with Crippen LogP contribution in [0.5, 0.6) is 0 Å². The molecule has 12 heteroatoms. The Labute approximate surface area is 483 Å². The molecule has 0 heterocycles. The molecule has 0 aromatic heterocycles. The standard InChI is InChI=1S/C48H80NO9P.C19H36O/c1-7-8-9-10-11-12-13-14-15-16-17-18-19-20-21-30-46(51)55-37-25-38-57-59(53,54)58-40-36-49-45(50)29-23-31-47(52)56-39-34-42(3)27-22-26-41(2)32-33-44-43(4)28-24-35-48(44,5)6;1-3-4-5-6-7-8-9-10-11-12-13-14-15-16-17-18-19(2)20/h14-15,22,26-27,32-34H,7-13,16-21,23-25,28-31,35-40H2,1-6H3,(H,49,50)(H,53,54);10-11,20H,2-9,12-18H2,1H3/b15-14-,27-22+,33-32+,41-26+,42-34+;11-10-. The monoisotopic (exact) mass is 1130 g/mol. The zero-order valence-corrected chi connectivity index (χ0v) is 52.3. The number of nitrogens with one attached hydrogen (secondary N) is 1. The Bertz CT molecular complexity index is 1860. The molecule has 0 fully saturated rings. The lowest BCUT2D eigenvalue weighted by Crippen LogP contribution is -2.27. The molecule has 1 aliphatic rings. The molecule has 1 rings (SSSR count). The molecule has 0 spiro atoms. The van der Waals surface area contributed by atoms with E-state index in [2.05, 4.69) is 96.0 Å². The van der Waals surface area contributed by atoms with Gasteiger partial charge in [-0.2, -0.15) is 0 Å². The zero-order chi connectivity index (χ0) is 58.5. The average molecular weight is 1130 g/mol. The summed E-state index contributed by atoms with van der Waals surface area (Å²) in [6.07, 6.45) is 59.8. The Balaban J connectivity index is 0.00000255. The predicted octanol–water partition coefficient (Wildman–Crippen LogP) is 19.5. The van der Waals surface area contributed by atoms with E-state index in [1.165, 1.54) is 159 Å². The molecule has 0 aromatic carbocycles. The lowest BCUT2D eigenvalue weighted by atomic mass is 9.72. The third-order valence-corrected chi connectivity index (χ3v) is 15.1. The first-order chi connectivity index (χ1) is 38.0. The molecular weight excluding hydrogens is 1010 g/mol. The summed E-state index contributed by atoms with van der Waals surface area (Å²) in [6.45, 7) is 18.8. The minimum Gasteiger partial charge on any atom is -0.513 e. The molecule has 0 saturated carbocycles. The molecule has 0 aromatic rings. The molecule has 1 aliphatic carbocycles. The number of phosphoric ester groups is 1. The van der Waals surface area contributed by atoms with Gasteiger partial charge in [-0.1, -0.05) is 208 Å². The fraction of sp³-hybridized carbons (Fsp3) is 0.716. The summed E-state index contributed by atoms with van der Waals surface area (Å²) in [5, 5.41) is 11.5. The smallest absolute Gasteiger partial charge is 0.472 e. The number of allylic oxidation sites excluding steroid dienone is 14. The van der Waals surface area contributed by atoms with Gasteiger partial charge in [0.05, 0.1) is 25.6 Å². The van der Waals surface area contributed by atoms with E-state index in [1.54, 1.807) is 0 Å². The number of hydrogen-bond donors (Lipinski definition) is 3.